The van der Waals surface area contributed by atoms with Crippen molar-refractivity contribution in [3.8, 4) is 0 Å². The van der Waals surface area contributed by atoms with E-state index in [4.69, 9.17) is 0 Å². The third-order valence-electron chi connectivity index (χ3n) is 3.19. The van der Waals surface area contributed by atoms with Gasteiger partial charge in [-0.25, -0.2) is 0 Å². The highest BCUT2D eigenvalue weighted by molar-refractivity contribution is 6.05. The molecule has 1 heterocycles. The minimum Gasteiger partial charge on any atom is -0.387 e. The minimum absolute atomic E-state index is 0.0268. The van der Waals surface area contributed by atoms with Crippen molar-refractivity contribution in [3.63, 3.8) is 0 Å². The molecule has 0 spiro atoms. The minimum atomic E-state index is -0.761. The number of pyridine rings is 1. The molecule has 17 heavy (non-hydrogen) atoms. The molecule has 0 amide bonds. The average molecular weight is 225 g/mol. The van der Waals surface area contributed by atoms with E-state index in [1.807, 2.05) is 18.2 Å². The van der Waals surface area contributed by atoms with Crippen LogP contribution in [0.15, 0.2) is 48.8 Å². The zero-order valence-corrected chi connectivity index (χ0v) is 9.08. The van der Waals surface area contributed by atoms with Gasteiger partial charge in [0.2, 0.25) is 0 Å². The third-order valence-corrected chi connectivity index (χ3v) is 3.19. The summed E-state index contributed by atoms with van der Waals surface area (Å²) in [7, 11) is 0. The number of hydrogen-bond donors (Lipinski definition) is 1. The predicted octanol–water partition coefficient (Wildman–Crippen LogP) is 2.10. The van der Waals surface area contributed by atoms with Gasteiger partial charge in [0.1, 0.15) is 0 Å². The van der Waals surface area contributed by atoms with Crippen LogP contribution in [0.3, 0.4) is 0 Å². The molecule has 0 saturated heterocycles. The Labute approximate surface area is 98.8 Å². The number of carbonyl (C=O) groups is 1. The van der Waals surface area contributed by atoms with Crippen LogP contribution in [0.1, 0.15) is 33.5 Å². The van der Waals surface area contributed by atoms with Crippen molar-refractivity contribution >= 4 is 5.78 Å². The summed E-state index contributed by atoms with van der Waals surface area (Å²) >= 11 is 0. The third kappa shape index (κ3) is 1.47. The lowest BCUT2D eigenvalue weighted by Crippen LogP contribution is -2.11. The maximum absolute atomic E-state index is 12.2. The Balaban J connectivity index is 2.10. The summed E-state index contributed by atoms with van der Waals surface area (Å²) in [6, 6.07) is 10.8. The van der Waals surface area contributed by atoms with E-state index in [1.54, 1.807) is 30.6 Å². The fourth-order valence-electron chi connectivity index (χ4n) is 2.36. The van der Waals surface area contributed by atoms with Crippen molar-refractivity contribution in [2.24, 2.45) is 0 Å². The second-order valence-corrected chi connectivity index (χ2v) is 4.16. The molecule has 3 nitrogen and oxygen atoms in total. The van der Waals surface area contributed by atoms with E-state index in [1.165, 1.54) is 0 Å². The van der Waals surface area contributed by atoms with Crippen LogP contribution in [0.4, 0.5) is 0 Å². The van der Waals surface area contributed by atoms with E-state index >= 15 is 0 Å². The van der Waals surface area contributed by atoms with Crippen LogP contribution in [-0.4, -0.2) is 15.9 Å². The van der Waals surface area contributed by atoms with Gasteiger partial charge >= 0.3 is 0 Å². The average Bonchev–Trinajstić information content (AvgIpc) is 2.64. The highest BCUT2D eigenvalue weighted by Crippen LogP contribution is 2.41. The Hall–Kier alpha value is -2.00. The van der Waals surface area contributed by atoms with Crippen molar-refractivity contribution in [3.05, 3.63) is 65.5 Å². The van der Waals surface area contributed by atoms with E-state index in [-0.39, 0.29) is 5.78 Å². The van der Waals surface area contributed by atoms with Crippen molar-refractivity contribution in [2.45, 2.75) is 12.0 Å². The molecule has 2 aromatic rings. The number of hydrogen-bond acceptors (Lipinski definition) is 3. The highest BCUT2D eigenvalue weighted by Gasteiger charge is 2.39. The number of benzene rings is 1. The zero-order valence-electron chi connectivity index (χ0n) is 9.08. The van der Waals surface area contributed by atoms with Crippen molar-refractivity contribution < 1.29 is 9.90 Å². The van der Waals surface area contributed by atoms with E-state index in [0.717, 1.165) is 5.56 Å². The fraction of sp³-hybridized carbons (Fsp3) is 0.143. The Kier molecular flexibility index (Phi) is 2.27. The van der Waals surface area contributed by atoms with Crippen LogP contribution in [-0.2, 0) is 0 Å². The monoisotopic (exact) mass is 225 g/mol. The second kappa shape index (κ2) is 3.79. The molecule has 1 aromatic heterocycles. The topological polar surface area (TPSA) is 50.2 Å². The fourth-order valence-corrected chi connectivity index (χ4v) is 2.36. The Bertz CT molecular complexity index is 565. The van der Waals surface area contributed by atoms with Crippen molar-refractivity contribution in [2.75, 3.05) is 0 Å². The van der Waals surface area contributed by atoms with Gasteiger partial charge in [0, 0.05) is 18.0 Å². The van der Waals surface area contributed by atoms with Gasteiger partial charge in [-0.3, -0.25) is 9.78 Å². The van der Waals surface area contributed by atoms with E-state index in [9.17, 15) is 9.90 Å². The van der Waals surface area contributed by atoms with Gasteiger partial charge in [0.15, 0.2) is 5.78 Å². The van der Waals surface area contributed by atoms with Crippen molar-refractivity contribution in [1.29, 1.82) is 0 Å². The first-order chi connectivity index (χ1) is 8.29. The summed E-state index contributed by atoms with van der Waals surface area (Å²) < 4.78 is 0. The lowest BCUT2D eigenvalue weighted by atomic mass is 9.95. The predicted molar refractivity (Wildman–Crippen MR) is 62.7 cm³/mol. The van der Waals surface area contributed by atoms with Gasteiger partial charge in [-0.05, 0) is 17.2 Å². The van der Waals surface area contributed by atoms with Crippen LogP contribution in [0.5, 0.6) is 0 Å². The normalized spacial score (nSPS) is 22.5. The molecule has 1 aliphatic carbocycles. The summed E-state index contributed by atoms with van der Waals surface area (Å²) in [5.41, 5.74) is 2.10. The molecule has 0 radical (unpaired) electrons. The molecule has 0 bridgehead atoms. The largest absolute Gasteiger partial charge is 0.387 e. The maximum atomic E-state index is 12.2. The molecule has 0 fully saturated rings. The van der Waals surface area contributed by atoms with Crippen LogP contribution < -0.4 is 0 Å². The number of aliphatic hydroxyl groups is 1. The second-order valence-electron chi connectivity index (χ2n) is 4.16. The number of rotatable bonds is 1. The molecule has 3 rings (SSSR count). The Morgan fingerprint density at radius 3 is 2.65 bits per heavy atom. The molecule has 2 unspecified atom stereocenters. The molecule has 3 heteroatoms. The first kappa shape index (κ1) is 10.2. The summed E-state index contributed by atoms with van der Waals surface area (Å²) in [5, 5.41) is 10.2. The van der Waals surface area contributed by atoms with Gasteiger partial charge in [0.25, 0.3) is 0 Å². The summed E-state index contributed by atoms with van der Waals surface area (Å²) in [4.78, 5) is 16.2. The SMILES string of the molecule is O=C1c2ccccc2C(O)C1c1cccnc1. The highest BCUT2D eigenvalue weighted by atomic mass is 16.3. The number of fused-ring (bicyclic) bond motifs is 1. The smallest absolute Gasteiger partial charge is 0.173 e. The molecule has 84 valence electrons. The van der Waals surface area contributed by atoms with Gasteiger partial charge in [0.05, 0.1) is 12.0 Å². The quantitative estimate of drug-likeness (QED) is 0.808. The number of nitrogens with zero attached hydrogens (tertiary/aromatic N) is 1. The summed E-state index contributed by atoms with van der Waals surface area (Å²) in [6.45, 7) is 0. The van der Waals surface area contributed by atoms with Crippen LogP contribution in [0.2, 0.25) is 0 Å². The van der Waals surface area contributed by atoms with Gasteiger partial charge in [-0.15, -0.1) is 0 Å². The molecular weight excluding hydrogens is 214 g/mol. The Morgan fingerprint density at radius 2 is 1.94 bits per heavy atom. The van der Waals surface area contributed by atoms with Gasteiger partial charge in [-0.1, -0.05) is 30.3 Å². The lowest BCUT2D eigenvalue weighted by molar-refractivity contribution is 0.0872. The number of carbonyl (C=O) groups excluding carboxylic acids is 1. The molecule has 1 N–H and O–H groups in total. The number of aromatic nitrogens is 1. The molecular formula is C14H11NO2. The Morgan fingerprint density at radius 1 is 1.12 bits per heavy atom. The molecule has 2 atom stereocenters. The molecule has 1 aromatic carbocycles. The first-order valence-corrected chi connectivity index (χ1v) is 5.50. The van der Waals surface area contributed by atoms with Crippen molar-refractivity contribution in [1.82, 2.24) is 4.98 Å². The summed E-state index contributed by atoms with van der Waals surface area (Å²) in [6.07, 6.45) is 2.53. The maximum Gasteiger partial charge on any atom is 0.173 e. The molecule has 1 aliphatic rings. The van der Waals surface area contributed by atoms with Crippen LogP contribution in [0.25, 0.3) is 0 Å². The van der Waals surface area contributed by atoms with E-state index < -0.39 is 12.0 Å². The van der Waals surface area contributed by atoms with E-state index in [2.05, 4.69) is 4.98 Å². The first-order valence-electron chi connectivity index (χ1n) is 5.50. The summed E-state index contributed by atoms with van der Waals surface area (Å²) in [5.74, 6) is -0.540. The van der Waals surface area contributed by atoms with Crippen LogP contribution >= 0.6 is 0 Å². The number of Topliss-reactive ketones (excluding diaryl/α,β-unsaturated/α-hetero) is 1. The van der Waals surface area contributed by atoms with E-state index in [0.29, 0.717) is 11.1 Å². The molecule has 0 saturated carbocycles. The van der Waals surface area contributed by atoms with Gasteiger partial charge < -0.3 is 5.11 Å². The number of aliphatic hydroxyl groups excluding tert-OH is 1. The lowest BCUT2D eigenvalue weighted by Gasteiger charge is -2.13. The van der Waals surface area contributed by atoms with Gasteiger partial charge in [-0.2, -0.15) is 0 Å². The van der Waals surface area contributed by atoms with Crippen LogP contribution in [0, 0.1) is 0 Å². The zero-order chi connectivity index (χ0) is 11.8. The standard InChI is InChI=1S/C14H11NO2/c16-13-10-5-1-2-6-11(10)14(17)12(13)9-4-3-7-15-8-9/h1-8,12-13,16H. The number of ketones is 1. The molecule has 0 aliphatic heterocycles.